The topological polar surface area (TPSA) is 12.9 Å². The summed E-state index contributed by atoms with van der Waals surface area (Å²) in [6, 6.07) is 0. The monoisotopic (exact) mass is 197 g/mol. The highest BCUT2D eigenvalue weighted by atomic mass is 32.1. The van der Waals surface area contributed by atoms with Gasteiger partial charge in [0.25, 0.3) is 0 Å². The maximum atomic E-state index is 4.44. The average Bonchev–Trinajstić information content (AvgIpc) is 2.31. The summed E-state index contributed by atoms with van der Waals surface area (Å²) < 4.78 is 0. The quantitative estimate of drug-likeness (QED) is 0.701. The summed E-state index contributed by atoms with van der Waals surface area (Å²) in [5, 5.41) is 0. The zero-order chi connectivity index (χ0) is 10.1. The molecule has 1 nitrogen and oxygen atoms in total. The van der Waals surface area contributed by atoms with Crippen molar-refractivity contribution in [2.45, 2.75) is 47.0 Å². The molecular formula is C11H19NS. The van der Waals surface area contributed by atoms with E-state index in [4.69, 9.17) is 0 Å². The van der Waals surface area contributed by atoms with E-state index in [9.17, 15) is 0 Å². The highest BCUT2D eigenvalue weighted by Crippen LogP contribution is 2.28. The van der Waals surface area contributed by atoms with Gasteiger partial charge in [0, 0.05) is 4.88 Å². The van der Waals surface area contributed by atoms with E-state index in [-0.39, 0.29) is 0 Å². The highest BCUT2D eigenvalue weighted by molar-refractivity contribution is 7.09. The van der Waals surface area contributed by atoms with E-state index < -0.39 is 0 Å². The van der Waals surface area contributed by atoms with E-state index in [0.29, 0.717) is 11.3 Å². The van der Waals surface area contributed by atoms with Crippen LogP contribution in [0, 0.1) is 5.41 Å². The van der Waals surface area contributed by atoms with E-state index in [0.717, 1.165) is 6.42 Å². The minimum atomic E-state index is 0.345. The van der Waals surface area contributed by atoms with Crippen LogP contribution in [0.15, 0.2) is 5.51 Å². The Labute approximate surface area is 85.2 Å². The van der Waals surface area contributed by atoms with Crippen molar-refractivity contribution in [1.29, 1.82) is 0 Å². The number of thiazole rings is 1. The summed E-state index contributed by atoms with van der Waals surface area (Å²) in [6.07, 6.45) is 1.09. The summed E-state index contributed by atoms with van der Waals surface area (Å²) in [5.41, 5.74) is 3.61. The van der Waals surface area contributed by atoms with Crippen LogP contribution in [0.3, 0.4) is 0 Å². The van der Waals surface area contributed by atoms with Gasteiger partial charge in [-0.05, 0) is 17.8 Å². The summed E-state index contributed by atoms with van der Waals surface area (Å²) >= 11 is 1.79. The second kappa shape index (κ2) is 3.79. The number of hydrogen-bond acceptors (Lipinski definition) is 2. The maximum absolute atomic E-state index is 4.44. The van der Waals surface area contributed by atoms with Crippen LogP contribution < -0.4 is 0 Å². The molecule has 0 bridgehead atoms. The summed E-state index contributed by atoms with van der Waals surface area (Å²) in [5.74, 6) is 0.616. The predicted octanol–water partition coefficient (Wildman–Crippen LogP) is 3.86. The molecule has 0 unspecified atom stereocenters. The van der Waals surface area contributed by atoms with Gasteiger partial charge in [0.1, 0.15) is 0 Å². The minimum Gasteiger partial charge on any atom is -0.249 e. The molecule has 0 fully saturated rings. The Bertz CT molecular complexity index is 268. The first-order valence-corrected chi connectivity index (χ1v) is 5.70. The van der Waals surface area contributed by atoms with E-state index in [2.05, 4.69) is 39.6 Å². The SMILES string of the molecule is CC(C)c1scnc1CC(C)(C)C. The van der Waals surface area contributed by atoms with Gasteiger partial charge < -0.3 is 0 Å². The maximum Gasteiger partial charge on any atom is 0.0797 e. The van der Waals surface area contributed by atoms with Gasteiger partial charge in [0.2, 0.25) is 0 Å². The molecule has 74 valence electrons. The van der Waals surface area contributed by atoms with E-state index in [1.807, 2.05) is 5.51 Å². The molecule has 0 atom stereocenters. The number of aromatic nitrogens is 1. The summed E-state index contributed by atoms with van der Waals surface area (Å²) in [4.78, 5) is 5.89. The Morgan fingerprint density at radius 2 is 2.00 bits per heavy atom. The molecule has 0 aliphatic carbocycles. The van der Waals surface area contributed by atoms with Crippen LogP contribution in [0.4, 0.5) is 0 Å². The fourth-order valence-electron chi connectivity index (χ4n) is 1.38. The highest BCUT2D eigenvalue weighted by Gasteiger charge is 2.17. The van der Waals surface area contributed by atoms with Crippen LogP contribution in [0.2, 0.25) is 0 Å². The molecule has 1 aromatic rings. The Kier molecular flexibility index (Phi) is 3.12. The first kappa shape index (κ1) is 10.7. The molecule has 0 aliphatic rings. The van der Waals surface area contributed by atoms with E-state index in [1.165, 1.54) is 10.6 Å². The molecule has 0 spiro atoms. The Hall–Kier alpha value is -0.370. The number of hydrogen-bond donors (Lipinski definition) is 0. The van der Waals surface area contributed by atoms with Crippen molar-refractivity contribution in [1.82, 2.24) is 4.98 Å². The van der Waals surface area contributed by atoms with Crippen molar-refractivity contribution in [2.24, 2.45) is 5.41 Å². The van der Waals surface area contributed by atoms with Crippen molar-refractivity contribution in [3.8, 4) is 0 Å². The molecule has 1 heterocycles. The van der Waals surface area contributed by atoms with Crippen molar-refractivity contribution >= 4 is 11.3 Å². The summed E-state index contributed by atoms with van der Waals surface area (Å²) in [6.45, 7) is 11.3. The lowest BCUT2D eigenvalue weighted by atomic mass is 9.89. The van der Waals surface area contributed by atoms with Crippen molar-refractivity contribution in [3.05, 3.63) is 16.1 Å². The zero-order valence-corrected chi connectivity index (χ0v) is 10.0. The molecule has 0 aromatic carbocycles. The largest absolute Gasteiger partial charge is 0.249 e. The van der Waals surface area contributed by atoms with Crippen LogP contribution in [-0.2, 0) is 6.42 Å². The fourth-order valence-corrected chi connectivity index (χ4v) is 2.21. The van der Waals surface area contributed by atoms with Gasteiger partial charge in [0.15, 0.2) is 0 Å². The van der Waals surface area contributed by atoms with Crippen LogP contribution in [0.1, 0.15) is 51.1 Å². The second-order valence-electron chi connectivity index (χ2n) is 5.06. The Morgan fingerprint density at radius 1 is 1.38 bits per heavy atom. The van der Waals surface area contributed by atoms with Crippen molar-refractivity contribution in [2.75, 3.05) is 0 Å². The molecule has 0 saturated heterocycles. The molecule has 0 N–H and O–H groups in total. The van der Waals surface area contributed by atoms with Gasteiger partial charge >= 0.3 is 0 Å². The van der Waals surface area contributed by atoms with Gasteiger partial charge in [-0.1, -0.05) is 34.6 Å². The lowest BCUT2D eigenvalue weighted by Gasteiger charge is -2.18. The van der Waals surface area contributed by atoms with E-state index in [1.54, 1.807) is 11.3 Å². The van der Waals surface area contributed by atoms with Crippen LogP contribution in [-0.4, -0.2) is 4.98 Å². The van der Waals surface area contributed by atoms with Gasteiger partial charge in [-0.2, -0.15) is 0 Å². The van der Waals surface area contributed by atoms with Gasteiger partial charge in [-0.15, -0.1) is 11.3 Å². The Balaban J connectivity index is 2.83. The van der Waals surface area contributed by atoms with Gasteiger partial charge in [-0.25, -0.2) is 4.98 Å². The average molecular weight is 197 g/mol. The molecule has 13 heavy (non-hydrogen) atoms. The second-order valence-corrected chi connectivity index (χ2v) is 5.94. The van der Waals surface area contributed by atoms with Crippen molar-refractivity contribution < 1.29 is 0 Å². The molecule has 1 aromatic heterocycles. The third-order valence-corrected chi connectivity index (χ3v) is 3.07. The smallest absolute Gasteiger partial charge is 0.0797 e. The minimum absolute atomic E-state index is 0.345. The lowest BCUT2D eigenvalue weighted by Crippen LogP contribution is -2.11. The molecule has 1 rings (SSSR count). The Morgan fingerprint density at radius 3 is 2.46 bits per heavy atom. The molecular weight excluding hydrogens is 178 g/mol. The third-order valence-electron chi connectivity index (χ3n) is 1.89. The van der Waals surface area contributed by atoms with Crippen LogP contribution in [0.5, 0.6) is 0 Å². The third kappa shape index (κ3) is 3.11. The lowest BCUT2D eigenvalue weighted by molar-refractivity contribution is 0.405. The molecule has 2 heteroatoms. The zero-order valence-electron chi connectivity index (χ0n) is 9.22. The summed E-state index contributed by atoms with van der Waals surface area (Å²) in [7, 11) is 0. The molecule has 0 aliphatic heterocycles. The van der Waals surface area contributed by atoms with Crippen LogP contribution in [0.25, 0.3) is 0 Å². The fraction of sp³-hybridized carbons (Fsp3) is 0.727. The molecule has 0 radical (unpaired) electrons. The van der Waals surface area contributed by atoms with Gasteiger partial charge in [0.05, 0.1) is 11.2 Å². The van der Waals surface area contributed by atoms with Gasteiger partial charge in [-0.3, -0.25) is 0 Å². The molecule has 0 amide bonds. The first-order valence-electron chi connectivity index (χ1n) is 4.82. The normalized spacial score (nSPS) is 12.5. The van der Waals surface area contributed by atoms with E-state index >= 15 is 0 Å². The first-order chi connectivity index (χ1) is 5.90. The van der Waals surface area contributed by atoms with Crippen LogP contribution >= 0.6 is 11.3 Å². The van der Waals surface area contributed by atoms with Crippen molar-refractivity contribution in [3.63, 3.8) is 0 Å². The predicted molar refractivity (Wildman–Crippen MR) is 59.4 cm³/mol. The molecule has 0 saturated carbocycles. The standard InChI is InChI=1S/C11H19NS/c1-8(2)10-9(12-7-13-10)6-11(3,4)5/h7-8H,6H2,1-5H3. The number of rotatable bonds is 2. The number of nitrogens with zero attached hydrogens (tertiary/aromatic N) is 1.